The molecule has 0 fully saturated rings. The van der Waals surface area contributed by atoms with Gasteiger partial charge in [-0.15, -0.1) is 0 Å². The number of hydrogen-bond acceptors (Lipinski definition) is 7. The first-order valence-electron chi connectivity index (χ1n) is 6.94. The van der Waals surface area contributed by atoms with Crippen molar-refractivity contribution in [3.8, 4) is 0 Å². The van der Waals surface area contributed by atoms with Crippen LogP contribution in [-0.2, 0) is 4.74 Å². The molecule has 5 nitrogen and oxygen atoms in total. The maximum atomic E-state index is 11.6. The normalized spacial score (nSPS) is 11.1. The number of anilines is 2. The van der Waals surface area contributed by atoms with Crippen LogP contribution < -0.4 is 5.32 Å². The summed E-state index contributed by atoms with van der Waals surface area (Å²) in [5.74, 6) is -0.350. The SMILES string of the molecule is COC(=O)c1ccc2nc(Nc3nc4ccc(Br)cc4s3)sc2c1. The number of fused-ring (bicyclic) bond motifs is 2. The molecule has 2 aromatic heterocycles. The number of halogens is 1. The first-order valence-corrected chi connectivity index (χ1v) is 9.37. The van der Waals surface area contributed by atoms with E-state index < -0.39 is 0 Å². The zero-order chi connectivity index (χ0) is 16.7. The minimum absolute atomic E-state index is 0.350. The van der Waals surface area contributed by atoms with Crippen molar-refractivity contribution in [1.82, 2.24) is 9.97 Å². The summed E-state index contributed by atoms with van der Waals surface area (Å²) in [6.45, 7) is 0. The lowest BCUT2D eigenvalue weighted by Gasteiger charge is -1.97. The van der Waals surface area contributed by atoms with Crippen molar-refractivity contribution < 1.29 is 9.53 Å². The van der Waals surface area contributed by atoms with Crippen LogP contribution in [0.25, 0.3) is 20.4 Å². The van der Waals surface area contributed by atoms with Crippen molar-refractivity contribution in [3.05, 3.63) is 46.4 Å². The third kappa shape index (κ3) is 2.88. The Morgan fingerprint density at radius 2 is 1.67 bits per heavy atom. The van der Waals surface area contributed by atoms with Gasteiger partial charge in [-0.2, -0.15) is 0 Å². The maximum absolute atomic E-state index is 11.6. The predicted octanol–water partition coefficient (Wildman–Crippen LogP) is 5.20. The first-order chi connectivity index (χ1) is 11.6. The highest BCUT2D eigenvalue weighted by Crippen LogP contribution is 2.33. The molecule has 24 heavy (non-hydrogen) atoms. The van der Waals surface area contributed by atoms with Gasteiger partial charge >= 0.3 is 5.97 Å². The van der Waals surface area contributed by atoms with Crippen molar-refractivity contribution in [3.63, 3.8) is 0 Å². The number of ether oxygens (including phenoxy) is 1. The summed E-state index contributed by atoms with van der Waals surface area (Å²) in [4.78, 5) is 20.7. The molecule has 120 valence electrons. The van der Waals surface area contributed by atoms with Crippen LogP contribution >= 0.6 is 38.6 Å². The van der Waals surface area contributed by atoms with Gasteiger partial charge in [0, 0.05) is 4.47 Å². The second-order valence-corrected chi connectivity index (χ2v) is 7.93. The molecule has 0 radical (unpaired) electrons. The monoisotopic (exact) mass is 419 g/mol. The van der Waals surface area contributed by atoms with Crippen LogP contribution in [0.1, 0.15) is 10.4 Å². The molecule has 0 amide bonds. The molecule has 0 unspecified atom stereocenters. The number of rotatable bonds is 3. The number of nitrogens with zero attached hydrogens (tertiary/aromatic N) is 2. The van der Waals surface area contributed by atoms with Gasteiger partial charge in [0.05, 0.1) is 33.1 Å². The Bertz CT molecular complexity index is 1070. The number of carbonyl (C=O) groups is 1. The van der Waals surface area contributed by atoms with E-state index in [-0.39, 0.29) is 5.97 Å². The average molecular weight is 420 g/mol. The Morgan fingerprint density at radius 3 is 2.33 bits per heavy atom. The maximum Gasteiger partial charge on any atom is 0.337 e. The van der Waals surface area contributed by atoms with Crippen molar-refractivity contribution in [2.45, 2.75) is 0 Å². The number of methoxy groups -OCH3 is 1. The van der Waals surface area contributed by atoms with Gasteiger partial charge in [0.1, 0.15) is 0 Å². The zero-order valence-electron chi connectivity index (χ0n) is 12.4. The lowest BCUT2D eigenvalue weighted by atomic mass is 10.2. The van der Waals surface area contributed by atoms with Crippen LogP contribution in [0.15, 0.2) is 40.9 Å². The molecule has 0 aliphatic rings. The highest BCUT2D eigenvalue weighted by atomic mass is 79.9. The van der Waals surface area contributed by atoms with Gasteiger partial charge in [-0.1, -0.05) is 38.6 Å². The molecular formula is C16H10BrN3O2S2. The number of nitrogens with one attached hydrogen (secondary N) is 1. The molecule has 0 spiro atoms. The van der Waals surface area contributed by atoms with Gasteiger partial charge in [0.25, 0.3) is 0 Å². The second-order valence-electron chi connectivity index (χ2n) is 4.95. The molecule has 0 aliphatic heterocycles. The molecule has 0 atom stereocenters. The van der Waals surface area contributed by atoms with Gasteiger partial charge in [-0.05, 0) is 36.4 Å². The fraction of sp³-hybridized carbons (Fsp3) is 0.0625. The van der Waals surface area contributed by atoms with Crippen LogP contribution in [0.3, 0.4) is 0 Å². The van der Waals surface area contributed by atoms with Gasteiger partial charge in [-0.25, -0.2) is 14.8 Å². The average Bonchev–Trinajstić information content (AvgIpc) is 3.15. The smallest absolute Gasteiger partial charge is 0.337 e. The Labute approximate surface area is 153 Å². The lowest BCUT2D eigenvalue weighted by molar-refractivity contribution is 0.0601. The summed E-state index contributed by atoms with van der Waals surface area (Å²) in [5, 5.41) is 4.78. The fourth-order valence-corrected chi connectivity index (χ4v) is 4.65. The van der Waals surface area contributed by atoms with E-state index in [9.17, 15) is 4.79 Å². The third-order valence-electron chi connectivity index (χ3n) is 3.37. The van der Waals surface area contributed by atoms with Gasteiger partial charge in [0.15, 0.2) is 10.3 Å². The quantitative estimate of drug-likeness (QED) is 0.462. The van der Waals surface area contributed by atoms with Crippen molar-refractivity contribution in [2.24, 2.45) is 0 Å². The van der Waals surface area contributed by atoms with Crippen LogP contribution in [-0.4, -0.2) is 23.0 Å². The molecule has 4 rings (SSSR count). The molecular weight excluding hydrogens is 410 g/mol. The highest BCUT2D eigenvalue weighted by molar-refractivity contribution is 9.10. The summed E-state index contributed by atoms with van der Waals surface area (Å²) < 4.78 is 7.80. The Hall–Kier alpha value is -2.03. The number of thiazole rings is 2. The fourth-order valence-electron chi connectivity index (χ4n) is 2.27. The summed E-state index contributed by atoms with van der Waals surface area (Å²) in [6, 6.07) is 11.3. The zero-order valence-corrected chi connectivity index (χ0v) is 15.6. The van der Waals surface area contributed by atoms with E-state index in [0.717, 1.165) is 35.2 Å². The minimum atomic E-state index is -0.350. The summed E-state index contributed by atoms with van der Waals surface area (Å²) in [7, 11) is 1.37. The predicted molar refractivity (Wildman–Crippen MR) is 102 cm³/mol. The summed E-state index contributed by atoms with van der Waals surface area (Å²) in [5.41, 5.74) is 2.30. The van der Waals surface area contributed by atoms with Crippen molar-refractivity contribution in [1.29, 1.82) is 0 Å². The number of hydrogen-bond donors (Lipinski definition) is 1. The van der Waals surface area contributed by atoms with E-state index in [0.29, 0.717) is 5.56 Å². The number of carbonyl (C=O) groups excluding carboxylic acids is 1. The molecule has 0 aliphatic carbocycles. The molecule has 0 saturated carbocycles. The molecule has 2 heterocycles. The molecule has 4 aromatic rings. The van der Waals surface area contributed by atoms with E-state index in [1.54, 1.807) is 23.5 Å². The van der Waals surface area contributed by atoms with Crippen molar-refractivity contribution in [2.75, 3.05) is 12.4 Å². The first kappa shape index (κ1) is 15.5. The van der Waals surface area contributed by atoms with Gasteiger partial charge in [-0.3, -0.25) is 0 Å². The Morgan fingerprint density at radius 1 is 1.04 bits per heavy atom. The van der Waals surface area contributed by atoms with E-state index in [2.05, 4.69) is 31.2 Å². The lowest BCUT2D eigenvalue weighted by Crippen LogP contribution is -1.99. The largest absolute Gasteiger partial charge is 0.465 e. The van der Waals surface area contributed by atoms with E-state index >= 15 is 0 Å². The number of esters is 1. The standard InChI is InChI=1S/C16H10BrN3O2S2/c1-22-14(21)8-2-4-10-12(6-8)23-15(18-10)20-16-19-11-5-3-9(17)7-13(11)24-16/h2-7H,1H3,(H,18,19,20). The molecule has 0 bridgehead atoms. The topological polar surface area (TPSA) is 64.1 Å². The molecule has 2 aromatic carbocycles. The van der Waals surface area contributed by atoms with Crippen LogP contribution in [0.5, 0.6) is 0 Å². The molecule has 0 saturated heterocycles. The minimum Gasteiger partial charge on any atom is -0.465 e. The van der Waals surface area contributed by atoms with Gasteiger partial charge < -0.3 is 10.1 Å². The number of benzene rings is 2. The molecule has 8 heteroatoms. The van der Waals surface area contributed by atoms with Gasteiger partial charge in [0.2, 0.25) is 0 Å². The highest BCUT2D eigenvalue weighted by Gasteiger charge is 2.11. The second kappa shape index (κ2) is 6.12. The van der Waals surface area contributed by atoms with Crippen molar-refractivity contribution >= 4 is 75.3 Å². The van der Waals surface area contributed by atoms with E-state index in [1.807, 2.05) is 24.3 Å². The molecule has 1 N–H and O–H groups in total. The summed E-state index contributed by atoms with van der Waals surface area (Å²) >= 11 is 6.51. The summed E-state index contributed by atoms with van der Waals surface area (Å²) in [6.07, 6.45) is 0. The van der Waals surface area contributed by atoms with Crippen LogP contribution in [0, 0.1) is 0 Å². The van der Waals surface area contributed by atoms with E-state index in [1.165, 1.54) is 18.4 Å². The van der Waals surface area contributed by atoms with E-state index in [4.69, 9.17) is 4.74 Å². The number of aromatic nitrogens is 2. The Balaban J connectivity index is 1.66. The van der Waals surface area contributed by atoms with Crippen LogP contribution in [0.4, 0.5) is 10.3 Å². The Kier molecular flexibility index (Phi) is 3.95. The third-order valence-corrected chi connectivity index (χ3v) is 5.73. The van der Waals surface area contributed by atoms with Crippen LogP contribution in [0.2, 0.25) is 0 Å².